The third-order valence-corrected chi connectivity index (χ3v) is 5.76. The van der Waals surface area contributed by atoms with Gasteiger partial charge in [0.2, 0.25) is 0 Å². The van der Waals surface area contributed by atoms with Crippen LogP contribution in [0.25, 0.3) is 0 Å². The van der Waals surface area contributed by atoms with Crippen LogP contribution in [0.2, 0.25) is 0 Å². The van der Waals surface area contributed by atoms with Gasteiger partial charge in [0.15, 0.2) is 0 Å². The lowest BCUT2D eigenvalue weighted by Gasteiger charge is -2.42. The highest BCUT2D eigenvalue weighted by molar-refractivity contribution is 6.43. The molecule has 1 aliphatic carbocycles. The number of nitrogens with one attached hydrogen (secondary N) is 2. The summed E-state index contributed by atoms with van der Waals surface area (Å²) in [5.74, 6) is -2.16. The molecule has 166 valence electrons. The number of hydrogen-bond donors (Lipinski definition) is 3. The topological polar surface area (TPSA) is 100 Å². The Kier molecular flexibility index (Phi) is 6.00. The molecule has 1 saturated carbocycles. The van der Waals surface area contributed by atoms with E-state index in [4.69, 9.17) is 0 Å². The Morgan fingerprint density at radius 3 is 2.45 bits per heavy atom. The number of aliphatic hydroxyl groups is 1. The van der Waals surface area contributed by atoms with Gasteiger partial charge < -0.3 is 20.3 Å². The van der Waals surface area contributed by atoms with Crippen LogP contribution in [0.5, 0.6) is 0 Å². The largest absolute Gasteiger partial charge is 0.393 e. The van der Waals surface area contributed by atoms with Crippen LogP contribution in [0.15, 0.2) is 24.3 Å². The van der Waals surface area contributed by atoms with Crippen molar-refractivity contribution in [3.05, 3.63) is 52.3 Å². The summed E-state index contributed by atoms with van der Waals surface area (Å²) < 4.78 is 27.3. The molecule has 1 aromatic heterocycles. The maximum absolute atomic E-state index is 12.9. The molecule has 0 unspecified atom stereocenters. The van der Waals surface area contributed by atoms with Crippen molar-refractivity contribution in [1.29, 1.82) is 0 Å². The lowest BCUT2D eigenvalue weighted by molar-refractivity contribution is -0.121. The number of halogens is 2. The number of aliphatic hydroxyl groups excluding tert-OH is 1. The zero-order valence-electron chi connectivity index (χ0n) is 17.8. The Morgan fingerprint density at radius 2 is 1.87 bits per heavy atom. The van der Waals surface area contributed by atoms with Gasteiger partial charge in [0, 0.05) is 29.5 Å². The summed E-state index contributed by atoms with van der Waals surface area (Å²) in [6.07, 6.45) is -2.44. The molecule has 1 aromatic carbocycles. The number of Topliss-reactive ketones (excluding diaryl/α,β-unsaturated/α-hetero) is 1. The second-order valence-electron chi connectivity index (χ2n) is 8.28. The van der Waals surface area contributed by atoms with E-state index in [-0.39, 0.29) is 22.5 Å². The minimum Gasteiger partial charge on any atom is -0.393 e. The number of alkyl halides is 2. The molecule has 1 aliphatic rings. The number of ketones is 1. The normalized spacial score (nSPS) is 20.3. The monoisotopic (exact) mass is 433 g/mol. The van der Waals surface area contributed by atoms with Gasteiger partial charge in [0.05, 0.1) is 17.4 Å². The number of anilines is 1. The molecule has 3 N–H and O–H groups in total. The molecule has 7 nitrogen and oxygen atoms in total. The van der Waals surface area contributed by atoms with Gasteiger partial charge >= 0.3 is 0 Å². The summed E-state index contributed by atoms with van der Waals surface area (Å²) in [6, 6.07) is 5.35. The molecular weight excluding hydrogens is 408 g/mol. The van der Waals surface area contributed by atoms with Crippen LogP contribution in [-0.2, 0) is 11.8 Å². The van der Waals surface area contributed by atoms with Crippen molar-refractivity contribution in [3.8, 4) is 0 Å². The molecular formula is C22H25F2N3O4. The fourth-order valence-electron chi connectivity index (χ4n) is 4.10. The first kappa shape index (κ1) is 22.6. The van der Waals surface area contributed by atoms with Crippen molar-refractivity contribution >= 4 is 23.3 Å². The zero-order chi connectivity index (χ0) is 23.1. The molecule has 9 heteroatoms. The van der Waals surface area contributed by atoms with E-state index in [2.05, 4.69) is 10.6 Å². The van der Waals surface area contributed by atoms with Gasteiger partial charge in [-0.05, 0) is 51.3 Å². The van der Waals surface area contributed by atoms with E-state index in [1.165, 1.54) is 28.8 Å². The SMILES string of the molecule is Cc1c(C(=O)Nc2cccc(C(F)F)c2)c(C)n(C)c1C(=O)C(=O)NC1(C)CC(O)C1. The lowest BCUT2D eigenvalue weighted by Crippen LogP contribution is -2.58. The second kappa shape index (κ2) is 8.22. The summed E-state index contributed by atoms with van der Waals surface area (Å²) in [5, 5.41) is 14.7. The van der Waals surface area contributed by atoms with Crippen LogP contribution in [0.4, 0.5) is 14.5 Å². The minimum absolute atomic E-state index is 0.0740. The van der Waals surface area contributed by atoms with Crippen LogP contribution >= 0.6 is 0 Å². The van der Waals surface area contributed by atoms with E-state index in [1.54, 1.807) is 27.8 Å². The molecule has 2 aromatic rings. The van der Waals surface area contributed by atoms with E-state index in [0.29, 0.717) is 24.1 Å². The van der Waals surface area contributed by atoms with Crippen LogP contribution in [0.1, 0.15) is 63.9 Å². The number of rotatable bonds is 6. The minimum atomic E-state index is -2.67. The van der Waals surface area contributed by atoms with Crippen molar-refractivity contribution < 1.29 is 28.3 Å². The summed E-state index contributed by atoms with van der Waals surface area (Å²) in [5.41, 5.74) is 0.393. The Bertz CT molecular complexity index is 1060. The standard InChI is InChI=1S/C22H25F2N3O4/c1-11-16(20(30)25-14-7-5-6-13(8-14)19(23)24)12(2)27(4)17(11)18(29)21(31)26-22(3)9-15(28)10-22/h5-8,15,19,28H,9-10H2,1-4H3,(H,25,30)(H,26,31). The van der Waals surface area contributed by atoms with Gasteiger partial charge in [-0.1, -0.05) is 12.1 Å². The van der Waals surface area contributed by atoms with Crippen LogP contribution in [0.3, 0.4) is 0 Å². The van der Waals surface area contributed by atoms with E-state index in [9.17, 15) is 28.3 Å². The first-order valence-electron chi connectivity index (χ1n) is 9.84. The number of hydrogen-bond acceptors (Lipinski definition) is 4. The Morgan fingerprint density at radius 1 is 1.23 bits per heavy atom. The molecule has 0 radical (unpaired) electrons. The second-order valence-corrected chi connectivity index (χ2v) is 8.28. The van der Waals surface area contributed by atoms with Crippen LogP contribution < -0.4 is 10.6 Å². The molecule has 1 heterocycles. The predicted octanol–water partition coefficient (Wildman–Crippen LogP) is 3.04. The fourth-order valence-corrected chi connectivity index (χ4v) is 4.10. The zero-order valence-corrected chi connectivity index (χ0v) is 17.8. The molecule has 0 atom stereocenters. The van der Waals surface area contributed by atoms with Gasteiger partial charge in [0.25, 0.3) is 24.0 Å². The van der Waals surface area contributed by atoms with Crippen molar-refractivity contribution in [2.45, 2.75) is 51.7 Å². The van der Waals surface area contributed by atoms with Gasteiger partial charge in [-0.2, -0.15) is 0 Å². The average Bonchev–Trinajstić information content (AvgIpc) is 2.88. The first-order chi connectivity index (χ1) is 14.4. The molecule has 2 amide bonds. The quantitative estimate of drug-likeness (QED) is 0.482. The van der Waals surface area contributed by atoms with E-state index in [0.717, 1.165) is 0 Å². The molecule has 0 saturated heterocycles. The van der Waals surface area contributed by atoms with E-state index in [1.807, 2.05) is 0 Å². The van der Waals surface area contributed by atoms with Gasteiger partial charge in [-0.15, -0.1) is 0 Å². The van der Waals surface area contributed by atoms with E-state index >= 15 is 0 Å². The number of nitrogens with zero attached hydrogens (tertiary/aromatic N) is 1. The molecule has 31 heavy (non-hydrogen) atoms. The predicted molar refractivity (Wildman–Crippen MR) is 110 cm³/mol. The molecule has 3 rings (SSSR count). The number of carbonyl (C=O) groups excluding carboxylic acids is 3. The molecule has 0 spiro atoms. The van der Waals surface area contributed by atoms with Crippen LogP contribution in [0, 0.1) is 13.8 Å². The highest BCUT2D eigenvalue weighted by Crippen LogP contribution is 2.32. The van der Waals surface area contributed by atoms with Crippen molar-refractivity contribution in [2.24, 2.45) is 7.05 Å². The maximum Gasteiger partial charge on any atom is 0.294 e. The Hall–Kier alpha value is -3.07. The molecule has 0 aliphatic heterocycles. The Balaban J connectivity index is 1.84. The van der Waals surface area contributed by atoms with Crippen LogP contribution in [-0.4, -0.2) is 38.9 Å². The summed E-state index contributed by atoms with van der Waals surface area (Å²) in [7, 11) is 1.58. The number of amides is 2. The third kappa shape index (κ3) is 4.36. The number of benzene rings is 1. The summed E-state index contributed by atoms with van der Waals surface area (Å²) >= 11 is 0. The number of aromatic nitrogens is 1. The Labute approximate surface area is 178 Å². The average molecular weight is 433 g/mol. The fraction of sp³-hybridized carbons (Fsp3) is 0.409. The third-order valence-electron chi connectivity index (χ3n) is 5.76. The smallest absolute Gasteiger partial charge is 0.294 e. The van der Waals surface area contributed by atoms with Crippen molar-refractivity contribution in [2.75, 3.05) is 5.32 Å². The van der Waals surface area contributed by atoms with Gasteiger partial charge in [-0.25, -0.2) is 8.78 Å². The van der Waals surface area contributed by atoms with Crippen molar-refractivity contribution in [3.63, 3.8) is 0 Å². The highest BCUT2D eigenvalue weighted by Gasteiger charge is 2.42. The lowest BCUT2D eigenvalue weighted by atomic mass is 9.76. The van der Waals surface area contributed by atoms with E-state index < -0.39 is 35.7 Å². The van der Waals surface area contributed by atoms with Gasteiger partial charge in [0.1, 0.15) is 0 Å². The highest BCUT2D eigenvalue weighted by atomic mass is 19.3. The maximum atomic E-state index is 12.9. The first-order valence-corrected chi connectivity index (χ1v) is 9.84. The summed E-state index contributed by atoms with van der Waals surface area (Å²) in [4.78, 5) is 38.2. The summed E-state index contributed by atoms with van der Waals surface area (Å²) in [6.45, 7) is 4.95. The van der Waals surface area contributed by atoms with Crippen molar-refractivity contribution in [1.82, 2.24) is 9.88 Å². The molecule has 1 fully saturated rings. The number of carbonyl (C=O) groups is 3. The van der Waals surface area contributed by atoms with Gasteiger partial charge in [-0.3, -0.25) is 14.4 Å². The molecule has 0 bridgehead atoms.